The molecule has 11 nitrogen and oxygen atoms in total. The minimum atomic E-state index is -0.746. The molecule has 35 heavy (non-hydrogen) atoms. The second-order valence-corrected chi connectivity index (χ2v) is 8.31. The lowest BCUT2D eigenvalue weighted by atomic mass is 10.1. The van der Waals surface area contributed by atoms with Crippen LogP contribution in [0.15, 0.2) is 33.5 Å². The fourth-order valence-corrected chi connectivity index (χ4v) is 3.75. The van der Waals surface area contributed by atoms with Gasteiger partial charge in [0.05, 0.1) is 17.4 Å². The standard InChI is InChI=1S/C24H25N5O6/c1-5-33-23(31)17-13(4)35-21-18(17)20(25)26-16(27-21)11-34-24(32)19-14-8-6-7-9-15(14)22(30)29(28-19)10-12(2)3/h6-9,12H,5,10-11H2,1-4H3,(H2,25,26,27). The summed E-state index contributed by atoms with van der Waals surface area (Å²) in [5.41, 5.74) is 6.04. The molecule has 182 valence electrons. The topological polar surface area (TPSA) is 152 Å². The fraction of sp³-hybridized carbons (Fsp3) is 0.333. The quantitative estimate of drug-likeness (QED) is 0.391. The van der Waals surface area contributed by atoms with E-state index < -0.39 is 11.9 Å². The van der Waals surface area contributed by atoms with Gasteiger partial charge in [0.2, 0.25) is 5.71 Å². The third-order valence-electron chi connectivity index (χ3n) is 5.21. The number of fused-ring (bicyclic) bond motifs is 2. The Morgan fingerprint density at radius 1 is 1.11 bits per heavy atom. The fourth-order valence-electron chi connectivity index (χ4n) is 3.75. The summed E-state index contributed by atoms with van der Waals surface area (Å²) in [7, 11) is 0. The number of carbonyl (C=O) groups is 2. The molecule has 0 saturated carbocycles. The van der Waals surface area contributed by atoms with Gasteiger partial charge in [0.25, 0.3) is 5.56 Å². The van der Waals surface area contributed by atoms with E-state index in [9.17, 15) is 14.4 Å². The maximum Gasteiger partial charge on any atom is 0.359 e. The highest BCUT2D eigenvalue weighted by Crippen LogP contribution is 2.29. The molecule has 4 rings (SSSR count). The molecule has 0 saturated heterocycles. The Kier molecular flexibility index (Phi) is 6.50. The molecule has 0 unspecified atom stereocenters. The number of esters is 2. The van der Waals surface area contributed by atoms with E-state index in [0.29, 0.717) is 17.3 Å². The van der Waals surface area contributed by atoms with Gasteiger partial charge >= 0.3 is 11.9 Å². The lowest BCUT2D eigenvalue weighted by molar-refractivity contribution is 0.0453. The number of aryl methyl sites for hydroxylation is 1. The van der Waals surface area contributed by atoms with Crippen molar-refractivity contribution in [2.45, 2.75) is 40.8 Å². The van der Waals surface area contributed by atoms with Crippen LogP contribution in [0.5, 0.6) is 0 Å². The molecule has 11 heteroatoms. The SMILES string of the molecule is CCOC(=O)c1c(C)oc2nc(COC(=O)c3nn(CC(C)C)c(=O)c4ccccc34)nc(N)c12. The molecule has 0 atom stereocenters. The minimum Gasteiger partial charge on any atom is -0.462 e. The van der Waals surface area contributed by atoms with Crippen LogP contribution < -0.4 is 11.3 Å². The zero-order chi connectivity index (χ0) is 25.3. The molecule has 3 aromatic heterocycles. The van der Waals surface area contributed by atoms with Gasteiger partial charge in [-0.3, -0.25) is 4.79 Å². The summed E-state index contributed by atoms with van der Waals surface area (Å²) >= 11 is 0. The lowest BCUT2D eigenvalue weighted by Gasteiger charge is -2.12. The van der Waals surface area contributed by atoms with Gasteiger partial charge in [0.15, 0.2) is 18.1 Å². The average molecular weight is 479 g/mol. The van der Waals surface area contributed by atoms with E-state index in [-0.39, 0.29) is 64.5 Å². The van der Waals surface area contributed by atoms with Crippen LogP contribution in [0.1, 0.15) is 53.2 Å². The molecule has 4 aromatic rings. The first-order chi connectivity index (χ1) is 16.7. The molecule has 0 aliphatic rings. The van der Waals surface area contributed by atoms with Crippen molar-refractivity contribution in [3.63, 3.8) is 0 Å². The number of nitrogen functional groups attached to an aromatic ring is 1. The van der Waals surface area contributed by atoms with Crippen molar-refractivity contribution in [3.8, 4) is 0 Å². The Morgan fingerprint density at radius 3 is 2.51 bits per heavy atom. The van der Waals surface area contributed by atoms with Crippen molar-refractivity contribution in [1.82, 2.24) is 19.7 Å². The van der Waals surface area contributed by atoms with Gasteiger partial charge in [-0.2, -0.15) is 10.1 Å². The van der Waals surface area contributed by atoms with E-state index in [1.165, 1.54) is 4.68 Å². The molecule has 1 aromatic carbocycles. The van der Waals surface area contributed by atoms with Gasteiger partial charge < -0.3 is 19.6 Å². The molecule has 0 spiro atoms. The highest BCUT2D eigenvalue weighted by atomic mass is 16.5. The molecule has 0 fully saturated rings. The Labute approximate surface area is 199 Å². The highest BCUT2D eigenvalue weighted by Gasteiger charge is 2.25. The second kappa shape index (κ2) is 9.53. The third-order valence-corrected chi connectivity index (χ3v) is 5.21. The average Bonchev–Trinajstić information content (AvgIpc) is 3.15. The first-order valence-corrected chi connectivity index (χ1v) is 11.1. The van der Waals surface area contributed by atoms with Gasteiger partial charge in [-0.25, -0.2) is 19.3 Å². The Bertz CT molecular complexity index is 1500. The van der Waals surface area contributed by atoms with Crippen molar-refractivity contribution in [2.75, 3.05) is 12.3 Å². The van der Waals surface area contributed by atoms with Crippen LogP contribution in [0.3, 0.4) is 0 Å². The van der Waals surface area contributed by atoms with Crippen molar-refractivity contribution in [1.29, 1.82) is 0 Å². The summed E-state index contributed by atoms with van der Waals surface area (Å²) in [5, 5.41) is 5.26. The van der Waals surface area contributed by atoms with Crippen molar-refractivity contribution in [3.05, 3.63) is 57.5 Å². The highest BCUT2D eigenvalue weighted by molar-refractivity contribution is 6.07. The lowest BCUT2D eigenvalue weighted by Crippen LogP contribution is -2.28. The van der Waals surface area contributed by atoms with Gasteiger partial charge in [-0.1, -0.05) is 32.0 Å². The van der Waals surface area contributed by atoms with Gasteiger partial charge in [-0.15, -0.1) is 0 Å². The predicted octanol–water partition coefficient (Wildman–Crippen LogP) is 3.01. The number of anilines is 1. The zero-order valence-electron chi connectivity index (χ0n) is 19.8. The normalized spacial score (nSPS) is 11.3. The van der Waals surface area contributed by atoms with Crippen LogP contribution in [0.4, 0.5) is 5.82 Å². The number of rotatable bonds is 7. The number of nitrogens with two attached hydrogens (primary N) is 1. The Morgan fingerprint density at radius 2 is 1.83 bits per heavy atom. The molecule has 0 bridgehead atoms. The smallest absolute Gasteiger partial charge is 0.359 e. The number of aromatic nitrogens is 4. The number of hydrogen-bond donors (Lipinski definition) is 1. The number of benzene rings is 1. The number of furan rings is 1. The molecular formula is C24H25N5O6. The second-order valence-electron chi connectivity index (χ2n) is 8.31. The van der Waals surface area contributed by atoms with Crippen LogP contribution in [-0.2, 0) is 22.6 Å². The minimum absolute atomic E-state index is 0.00462. The molecule has 2 N–H and O–H groups in total. The Hall–Kier alpha value is -4.28. The van der Waals surface area contributed by atoms with E-state index in [0.717, 1.165) is 0 Å². The van der Waals surface area contributed by atoms with E-state index in [2.05, 4.69) is 15.1 Å². The van der Waals surface area contributed by atoms with Gasteiger partial charge in [0, 0.05) is 11.9 Å². The molecule has 0 radical (unpaired) electrons. The summed E-state index contributed by atoms with van der Waals surface area (Å²) in [6.07, 6.45) is 0. The van der Waals surface area contributed by atoms with E-state index in [1.54, 1.807) is 38.1 Å². The van der Waals surface area contributed by atoms with Crippen molar-refractivity contribution >= 4 is 39.6 Å². The molecular weight excluding hydrogens is 454 g/mol. The van der Waals surface area contributed by atoms with Crippen molar-refractivity contribution in [2.24, 2.45) is 5.92 Å². The summed E-state index contributed by atoms with van der Waals surface area (Å²) in [6, 6.07) is 6.72. The third kappa shape index (κ3) is 4.57. The van der Waals surface area contributed by atoms with Crippen LogP contribution in [0.2, 0.25) is 0 Å². The van der Waals surface area contributed by atoms with E-state index >= 15 is 0 Å². The monoisotopic (exact) mass is 479 g/mol. The summed E-state index contributed by atoms with van der Waals surface area (Å²) in [4.78, 5) is 46.4. The zero-order valence-corrected chi connectivity index (χ0v) is 19.8. The maximum atomic E-state index is 13.0. The molecule has 0 aliphatic carbocycles. The summed E-state index contributed by atoms with van der Waals surface area (Å²) < 4.78 is 17.3. The molecule has 0 amide bonds. The Balaban J connectivity index is 1.65. The number of carbonyl (C=O) groups excluding carboxylic acids is 2. The van der Waals surface area contributed by atoms with Crippen LogP contribution >= 0.6 is 0 Å². The summed E-state index contributed by atoms with van der Waals surface area (Å²) in [5.74, 6) is -0.833. The predicted molar refractivity (Wildman–Crippen MR) is 127 cm³/mol. The summed E-state index contributed by atoms with van der Waals surface area (Å²) in [6.45, 7) is 7.39. The molecule has 3 heterocycles. The van der Waals surface area contributed by atoms with Gasteiger partial charge in [-0.05, 0) is 25.8 Å². The number of hydrogen-bond acceptors (Lipinski definition) is 10. The largest absolute Gasteiger partial charge is 0.462 e. The van der Waals surface area contributed by atoms with E-state index in [1.807, 2.05) is 13.8 Å². The van der Waals surface area contributed by atoms with Crippen molar-refractivity contribution < 1.29 is 23.5 Å². The van der Waals surface area contributed by atoms with Crippen LogP contribution in [0.25, 0.3) is 21.9 Å². The van der Waals surface area contributed by atoms with E-state index in [4.69, 9.17) is 19.6 Å². The first kappa shape index (κ1) is 23.9. The van der Waals surface area contributed by atoms with Crippen LogP contribution in [-0.4, -0.2) is 38.3 Å². The van der Waals surface area contributed by atoms with Crippen LogP contribution in [0, 0.1) is 12.8 Å². The number of nitrogens with zero attached hydrogens (tertiary/aromatic N) is 4. The first-order valence-electron chi connectivity index (χ1n) is 11.1. The maximum absolute atomic E-state index is 13.0. The molecule has 0 aliphatic heterocycles. The number of ether oxygens (including phenoxy) is 2. The van der Waals surface area contributed by atoms with Gasteiger partial charge in [0.1, 0.15) is 17.1 Å².